The normalized spacial score (nSPS) is 18.7. The zero-order chi connectivity index (χ0) is 13.3. The average molecular weight is 245 g/mol. The van der Waals surface area contributed by atoms with Gasteiger partial charge in [-0.25, -0.2) is 0 Å². The van der Waals surface area contributed by atoms with Gasteiger partial charge in [-0.15, -0.1) is 0 Å². The highest BCUT2D eigenvalue weighted by atomic mass is 14.8. The Balaban J connectivity index is 2.26. The van der Waals surface area contributed by atoms with E-state index in [-0.39, 0.29) is 0 Å². The van der Waals surface area contributed by atoms with Gasteiger partial charge < -0.3 is 5.32 Å². The number of hydrogen-bond acceptors (Lipinski definition) is 1. The molecule has 100 valence electrons. The van der Waals surface area contributed by atoms with Crippen molar-refractivity contribution in [1.82, 2.24) is 5.32 Å². The summed E-state index contributed by atoms with van der Waals surface area (Å²) in [6, 6.07) is 4.66. The molecule has 0 aliphatic heterocycles. The van der Waals surface area contributed by atoms with E-state index in [1.807, 2.05) is 0 Å². The molecule has 1 aliphatic carbocycles. The summed E-state index contributed by atoms with van der Waals surface area (Å²) in [6.07, 6.45) is 4.06. The van der Waals surface area contributed by atoms with Gasteiger partial charge in [0, 0.05) is 6.54 Å². The highest BCUT2D eigenvalue weighted by Gasteiger charge is 2.41. The van der Waals surface area contributed by atoms with Gasteiger partial charge in [0.05, 0.1) is 0 Å². The van der Waals surface area contributed by atoms with Crippen LogP contribution >= 0.6 is 0 Å². The number of nitrogens with one attached hydrogen (secondary N) is 1. The standard InChI is InChI=1S/C17H27N/c1-12-8-13(2)16(14(3)9-12)10-17(4,11-18-5)15-6-7-15/h8-9,15,18H,6-7,10-11H2,1-5H3. The molecule has 1 aromatic carbocycles. The molecule has 0 aromatic heterocycles. The summed E-state index contributed by atoms with van der Waals surface area (Å²) in [5.41, 5.74) is 6.33. The lowest BCUT2D eigenvalue weighted by molar-refractivity contribution is 0.262. The van der Waals surface area contributed by atoms with Crippen molar-refractivity contribution in [1.29, 1.82) is 0 Å². The van der Waals surface area contributed by atoms with E-state index in [1.165, 1.54) is 36.0 Å². The van der Waals surface area contributed by atoms with E-state index in [4.69, 9.17) is 0 Å². The fraction of sp³-hybridized carbons (Fsp3) is 0.647. The van der Waals surface area contributed by atoms with Gasteiger partial charge in [0.1, 0.15) is 0 Å². The second kappa shape index (κ2) is 5.05. The summed E-state index contributed by atoms with van der Waals surface area (Å²) in [5, 5.41) is 3.40. The fourth-order valence-corrected chi connectivity index (χ4v) is 3.43. The maximum Gasteiger partial charge on any atom is 0.000800 e. The van der Waals surface area contributed by atoms with E-state index in [9.17, 15) is 0 Å². The topological polar surface area (TPSA) is 12.0 Å². The van der Waals surface area contributed by atoms with Crippen molar-refractivity contribution in [2.75, 3.05) is 13.6 Å². The first kappa shape index (κ1) is 13.6. The Bertz CT molecular complexity index is 408. The van der Waals surface area contributed by atoms with Gasteiger partial charge in [-0.1, -0.05) is 24.6 Å². The molecule has 0 saturated heterocycles. The maximum absolute atomic E-state index is 3.40. The number of hydrogen-bond donors (Lipinski definition) is 1. The van der Waals surface area contributed by atoms with Crippen LogP contribution in [0, 0.1) is 32.1 Å². The van der Waals surface area contributed by atoms with E-state index < -0.39 is 0 Å². The van der Waals surface area contributed by atoms with Gasteiger partial charge in [-0.2, -0.15) is 0 Å². The third-order valence-corrected chi connectivity index (χ3v) is 4.56. The van der Waals surface area contributed by atoms with Gasteiger partial charge in [0.15, 0.2) is 0 Å². The van der Waals surface area contributed by atoms with Crippen LogP contribution in [0.5, 0.6) is 0 Å². The van der Waals surface area contributed by atoms with E-state index in [2.05, 4.69) is 52.2 Å². The first-order valence-corrected chi connectivity index (χ1v) is 7.17. The molecule has 1 aliphatic rings. The number of benzene rings is 1. The number of rotatable bonds is 5. The minimum atomic E-state index is 0.430. The van der Waals surface area contributed by atoms with Gasteiger partial charge in [0.2, 0.25) is 0 Å². The van der Waals surface area contributed by atoms with Crippen LogP contribution in [0.25, 0.3) is 0 Å². The summed E-state index contributed by atoms with van der Waals surface area (Å²) in [6.45, 7) is 10.3. The quantitative estimate of drug-likeness (QED) is 0.832. The molecule has 2 rings (SSSR count). The van der Waals surface area contributed by atoms with Crippen LogP contribution in [-0.2, 0) is 6.42 Å². The fourth-order valence-electron chi connectivity index (χ4n) is 3.43. The molecule has 1 nitrogen and oxygen atoms in total. The highest BCUT2D eigenvalue weighted by Crippen LogP contribution is 2.47. The van der Waals surface area contributed by atoms with E-state index in [0.717, 1.165) is 12.5 Å². The second-order valence-electron chi connectivity index (χ2n) is 6.51. The molecule has 1 aromatic rings. The molecule has 18 heavy (non-hydrogen) atoms. The Morgan fingerprint density at radius 1 is 1.17 bits per heavy atom. The van der Waals surface area contributed by atoms with Crippen molar-refractivity contribution in [2.45, 2.75) is 47.0 Å². The molecule has 1 saturated carbocycles. The summed E-state index contributed by atoms with van der Waals surface area (Å²) < 4.78 is 0. The Hall–Kier alpha value is -0.820. The molecule has 0 bridgehead atoms. The van der Waals surface area contributed by atoms with Gasteiger partial charge in [0.25, 0.3) is 0 Å². The molecular formula is C17H27N. The lowest BCUT2D eigenvalue weighted by Crippen LogP contribution is -2.34. The molecule has 0 amide bonds. The first-order valence-electron chi connectivity index (χ1n) is 7.17. The van der Waals surface area contributed by atoms with Crippen molar-refractivity contribution in [2.24, 2.45) is 11.3 Å². The zero-order valence-corrected chi connectivity index (χ0v) is 12.6. The predicted octanol–water partition coefficient (Wildman–Crippen LogP) is 3.79. The highest BCUT2D eigenvalue weighted by molar-refractivity contribution is 5.38. The minimum absolute atomic E-state index is 0.430. The minimum Gasteiger partial charge on any atom is -0.319 e. The van der Waals surface area contributed by atoms with Crippen LogP contribution in [0.1, 0.15) is 42.0 Å². The van der Waals surface area contributed by atoms with Crippen molar-refractivity contribution in [3.63, 3.8) is 0 Å². The lowest BCUT2D eigenvalue weighted by atomic mass is 9.76. The molecule has 0 radical (unpaired) electrons. The summed E-state index contributed by atoms with van der Waals surface area (Å²) >= 11 is 0. The third-order valence-electron chi connectivity index (χ3n) is 4.56. The van der Waals surface area contributed by atoms with E-state index >= 15 is 0 Å². The third kappa shape index (κ3) is 2.77. The van der Waals surface area contributed by atoms with Crippen molar-refractivity contribution in [3.05, 3.63) is 34.4 Å². The van der Waals surface area contributed by atoms with Crippen LogP contribution < -0.4 is 5.32 Å². The summed E-state index contributed by atoms with van der Waals surface area (Å²) in [5.74, 6) is 0.921. The zero-order valence-electron chi connectivity index (χ0n) is 12.6. The molecule has 0 heterocycles. The Labute approximate surface area is 112 Å². The molecule has 1 heteroatoms. The summed E-state index contributed by atoms with van der Waals surface area (Å²) in [4.78, 5) is 0. The molecule has 1 N–H and O–H groups in total. The van der Waals surface area contributed by atoms with E-state index in [1.54, 1.807) is 5.56 Å². The summed E-state index contributed by atoms with van der Waals surface area (Å²) in [7, 11) is 2.08. The van der Waals surface area contributed by atoms with Crippen LogP contribution in [0.3, 0.4) is 0 Å². The molecule has 1 atom stereocenters. The SMILES string of the molecule is CNCC(C)(Cc1c(C)cc(C)cc1C)C1CC1. The van der Waals surface area contributed by atoms with Crippen molar-refractivity contribution in [3.8, 4) is 0 Å². The van der Waals surface area contributed by atoms with Crippen LogP contribution in [0.2, 0.25) is 0 Å². The van der Waals surface area contributed by atoms with Gasteiger partial charge in [-0.05, 0) is 75.1 Å². The lowest BCUT2D eigenvalue weighted by Gasteiger charge is -2.31. The van der Waals surface area contributed by atoms with Crippen LogP contribution in [0.15, 0.2) is 12.1 Å². The van der Waals surface area contributed by atoms with Crippen molar-refractivity contribution >= 4 is 0 Å². The molecule has 1 fully saturated rings. The van der Waals surface area contributed by atoms with Crippen LogP contribution in [0.4, 0.5) is 0 Å². The smallest absolute Gasteiger partial charge is 0.000800 e. The Kier molecular flexibility index (Phi) is 3.82. The number of aryl methyl sites for hydroxylation is 3. The van der Waals surface area contributed by atoms with Gasteiger partial charge >= 0.3 is 0 Å². The molecular weight excluding hydrogens is 218 g/mol. The molecule has 1 unspecified atom stereocenters. The molecule has 0 spiro atoms. The largest absolute Gasteiger partial charge is 0.319 e. The van der Waals surface area contributed by atoms with E-state index in [0.29, 0.717) is 5.41 Å². The predicted molar refractivity (Wildman–Crippen MR) is 79.1 cm³/mol. The second-order valence-corrected chi connectivity index (χ2v) is 6.51. The van der Waals surface area contributed by atoms with Crippen molar-refractivity contribution < 1.29 is 0 Å². The van der Waals surface area contributed by atoms with Crippen LogP contribution in [-0.4, -0.2) is 13.6 Å². The monoisotopic (exact) mass is 245 g/mol. The average Bonchev–Trinajstić information content (AvgIpc) is 3.07. The Morgan fingerprint density at radius 3 is 2.17 bits per heavy atom. The maximum atomic E-state index is 3.40. The van der Waals surface area contributed by atoms with Gasteiger partial charge in [-0.3, -0.25) is 0 Å². The Morgan fingerprint density at radius 2 is 1.72 bits per heavy atom. The first-order chi connectivity index (χ1) is 8.46.